The maximum absolute atomic E-state index is 13.0. The smallest absolute Gasteiger partial charge is 0.252 e. The topological polar surface area (TPSA) is 43.6 Å². The van der Waals surface area contributed by atoms with Crippen molar-refractivity contribution in [2.75, 3.05) is 13.2 Å². The van der Waals surface area contributed by atoms with Gasteiger partial charge >= 0.3 is 0 Å². The zero-order valence-electron chi connectivity index (χ0n) is 15.8. The van der Waals surface area contributed by atoms with Crippen molar-refractivity contribution in [3.8, 4) is 0 Å². The predicted molar refractivity (Wildman–Crippen MR) is 106 cm³/mol. The Kier molecular flexibility index (Phi) is 6.19. The molecule has 0 bridgehead atoms. The van der Waals surface area contributed by atoms with Crippen LogP contribution in [-0.2, 0) is 22.5 Å². The summed E-state index contributed by atoms with van der Waals surface area (Å²) in [6.45, 7) is 7.97. The van der Waals surface area contributed by atoms with Gasteiger partial charge in [0, 0.05) is 13.2 Å². The van der Waals surface area contributed by atoms with Gasteiger partial charge in [0.1, 0.15) is 5.82 Å². The molecule has 3 aromatic rings. The lowest BCUT2D eigenvalue weighted by Crippen LogP contribution is -2.20. The van der Waals surface area contributed by atoms with Crippen molar-refractivity contribution in [3.63, 3.8) is 0 Å². The molecule has 0 fully saturated rings. The fraction of sp³-hybridized carbons (Fsp3) is 0.333. The molecule has 1 heterocycles. The fourth-order valence-electron chi connectivity index (χ4n) is 2.85. The Morgan fingerprint density at radius 2 is 1.89 bits per heavy atom. The van der Waals surface area contributed by atoms with E-state index in [0.717, 1.165) is 15.8 Å². The normalized spacial score (nSPS) is 12.1. The van der Waals surface area contributed by atoms with E-state index >= 15 is 0 Å². The maximum atomic E-state index is 13.0. The van der Waals surface area contributed by atoms with E-state index in [1.807, 2.05) is 11.5 Å². The van der Waals surface area contributed by atoms with E-state index in [2.05, 4.69) is 31.0 Å². The van der Waals surface area contributed by atoms with Crippen LogP contribution in [0.4, 0.5) is 4.39 Å². The van der Waals surface area contributed by atoms with Crippen LogP contribution in [0.25, 0.3) is 10.2 Å². The molecule has 0 unspecified atom stereocenters. The molecule has 0 spiro atoms. The summed E-state index contributed by atoms with van der Waals surface area (Å²) in [5.41, 5.74) is 4.23. The number of aryl methyl sites for hydroxylation is 2. The summed E-state index contributed by atoms with van der Waals surface area (Å²) in [6.07, 6.45) is 0.151. The molecule has 4 nitrogen and oxygen atoms in total. The molecule has 0 atom stereocenters. The summed E-state index contributed by atoms with van der Waals surface area (Å²) in [4.78, 5) is 17.5. The molecule has 1 aromatic heterocycles. The van der Waals surface area contributed by atoms with Crippen LogP contribution in [0.3, 0.4) is 0 Å². The SMILES string of the molecule is CCOCCn1c(=NC(=O)Cc2ccc(F)cc2)sc2cc(C)c(C)cc21. The number of hydrogen-bond acceptors (Lipinski definition) is 3. The van der Waals surface area contributed by atoms with Gasteiger partial charge < -0.3 is 9.30 Å². The zero-order chi connectivity index (χ0) is 19.4. The number of rotatable bonds is 6. The Balaban J connectivity index is 1.97. The number of hydrogen-bond donors (Lipinski definition) is 0. The lowest BCUT2D eigenvalue weighted by atomic mass is 10.1. The number of ether oxygens (including phenoxy) is 1. The molecular formula is C21H23FN2O2S. The molecule has 0 aliphatic carbocycles. The van der Waals surface area contributed by atoms with Crippen molar-refractivity contribution < 1.29 is 13.9 Å². The van der Waals surface area contributed by atoms with Gasteiger partial charge in [0.15, 0.2) is 4.80 Å². The van der Waals surface area contributed by atoms with Crippen molar-refractivity contribution in [3.05, 3.63) is 63.7 Å². The third kappa shape index (κ3) is 4.70. The fourth-order valence-corrected chi connectivity index (χ4v) is 4.00. The number of fused-ring (bicyclic) bond motifs is 1. The highest BCUT2D eigenvalue weighted by molar-refractivity contribution is 7.16. The van der Waals surface area contributed by atoms with E-state index in [0.29, 0.717) is 24.6 Å². The quantitative estimate of drug-likeness (QED) is 0.597. The number of halogens is 1. The van der Waals surface area contributed by atoms with Crippen LogP contribution in [0.5, 0.6) is 0 Å². The molecule has 6 heteroatoms. The number of thiazole rings is 1. The van der Waals surface area contributed by atoms with Gasteiger partial charge in [-0.2, -0.15) is 4.99 Å². The molecular weight excluding hydrogens is 363 g/mol. The van der Waals surface area contributed by atoms with Crippen LogP contribution in [0.15, 0.2) is 41.4 Å². The number of carbonyl (C=O) groups excluding carboxylic acids is 1. The van der Waals surface area contributed by atoms with Crippen LogP contribution >= 0.6 is 11.3 Å². The van der Waals surface area contributed by atoms with Crippen LogP contribution in [-0.4, -0.2) is 23.7 Å². The Hall–Kier alpha value is -2.31. The zero-order valence-corrected chi connectivity index (χ0v) is 16.6. The monoisotopic (exact) mass is 386 g/mol. The summed E-state index contributed by atoms with van der Waals surface area (Å²) < 4.78 is 21.7. The summed E-state index contributed by atoms with van der Waals surface area (Å²) >= 11 is 1.51. The first-order valence-electron chi connectivity index (χ1n) is 8.98. The molecule has 1 amide bonds. The Bertz CT molecular complexity index is 1020. The van der Waals surface area contributed by atoms with E-state index in [4.69, 9.17) is 4.74 Å². The minimum Gasteiger partial charge on any atom is -0.380 e. The largest absolute Gasteiger partial charge is 0.380 e. The van der Waals surface area contributed by atoms with Crippen LogP contribution < -0.4 is 4.80 Å². The van der Waals surface area contributed by atoms with E-state index in [9.17, 15) is 9.18 Å². The standard InChI is InChI=1S/C21H23FN2O2S/c1-4-26-10-9-24-18-11-14(2)15(3)12-19(18)27-21(24)23-20(25)13-16-5-7-17(22)8-6-16/h5-8,11-12H,4,9-10,13H2,1-3H3. The Morgan fingerprint density at radius 1 is 1.19 bits per heavy atom. The van der Waals surface area contributed by atoms with E-state index in [1.54, 1.807) is 12.1 Å². The van der Waals surface area contributed by atoms with Gasteiger partial charge in [-0.1, -0.05) is 23.5 Å². The number of carbonyl (C=O) groups is 1. The van der Waals surface area contributed by atoms with Gasteiger partial charge in [0.25, 0.3) is 5.91 Å². The highest BCUT2D eigenvalue weighted by Gasteiger charge is 2.10. The highest BCUT2D eigenvalue weighted by atomic mass is 32.1. The molecule has 2 aromatic carbocycles. The summed E-state index contributed by atoms with van der Waals surface area (Å²) in [5, 5.41) is 0. The molecule has 27 heavy (non-hydrogen) atoms. The molecule has 0 aliphatic rings. The first-order chi connectivity index (χ1) is 13.0. The van der Waals surface area contributed by atoms with Gasteiger partial charge in [-0.05, 0) is 61.7 Å². The molecule has 3 rings (SSSR count). The van der Waals surface area contributed by atoms with Crippen molar-refractivity contribution >= 4 is 27.5 Å². The van der Waals surface area contributed by atoms with Crippen molar-refractivity contribution in [2.45, 2.75) is 33.7 Å². The van der Waals surface area contributed by atoms with Gasteiger partial charge in [-0.15, -0.1) is 0 Å². The first kappa shape index (κ1) is 19.5. The average Bonchev–Trinajstić information content (AvgIpc) is 2.94. The van der Waals surface area contributed by atoms with Crippen LogP contribution in [0.2, 0.25) is 0 Å². The van der Waals surface area contributed by atoms with Crippen LogP contribution in [0, 0.1) is 19.7 Å². The second kappa shape index (κ2) is 8.59. The Morgan fingerprint density at radius 3 is 2.59 bits per heavy atom. The molecule has 0 radical (unpaired) electrons. The van der Waals surface area contributed by atoms with Gasteiger partial charge in [-0.25, -0.2) is 4.39 Å². The summed E-state index contributed by atoms with van der Waals surface area (Å²) in [6, 6.07) is 10.2. The molecule has 0 saturated heterocycles. The average molecular weight is 386 g/mol. The molecule has 142 valence electrons. The summed E-state index contributed by atoms with van der Waals surface area (Å²) in [5.74, 6) is -0.557. The Labute approximate surface area is 161 Å². The van der Waals surface area contributed by atoms with Gasteiger partial charge in [0.05, 0.1) is 23.2 Å². The van der Waals surface area contributed by atoms with Crippen LogP contribution in [0.1, 0.15) is 23.6 Å². The number of benzene rings is 2. The number of aromatic nitrogens is 1. The molecule has 0 aliphatic heterocycles. The molecule has 0 N–H and O–H groups in total. The minimum absolute atomic E-state index is 0.151. The maximum Gasteiger partial charge on any atom is 0.252 e. The number of amides is 1. The minimum atomic E-state index is -0.313. The third-order valence-electron chi connectivity index (χ3n) is 4.45. The van der Waals surface area contributed by atoms with Gasteiger partial charge in [-0.3, -0.25) is 4.79 Å². The summed E-state index contributed by atoms with van der Waals surface area (Å²) in [7, 11) is 0. The molecule has 0 saturated carbocycles. The van der Waals surface area contributed by atoms with E-state index in [-0.39, 0.29) is 18.1 Å². The van der Waals surface area contributed by atoms with Crippen molar-refractivity contribution in [1.29, 1.82) is 0 Å². The highest BCUT2D eigenvalue weighted by Crippen LogP contribution is 2.22. The lowest BCUT2D eigenvalue weighted by molar-refractivity contribution is -0.117. The van der Waals surface area contributed by atoms with Crippen molar-refractivity contribution in [1.82, 2.24) is 4.57 Å². The first-order valence-corrected chi connectivity index (χ1v) is 9.80. The second-order valence-corrected chi connectivity index (χ2v) is 7.46. The van der Waals surface area contributed by atoms with E-state index < -0.39 is 0 Å². The van der Waals surface area contributed by atoms with Crippen molar-refractivity contribution in [2.24, 2.45) is 4.99 Å². The lowest BCUT2D eigenvalue weighted by Gasteiger charge is -2.07. The third-order valence-corrected chi connectivity index (χ3v) is 5.49. The second-order valence-electron chi connectivity index (χ2n) is 6.45. The predicted octanol–water partition coefficient (Wildman–Crippen LogP) is 4.17. The van der Waals surface area contributed by atoms with E-state index in [1.165, 1.54) is 34.6 Å². The van der Waals surface area contributed by atoms with Gasteiger partial charge in [0.2, 0.25) is 0 Å². The number of nitrogens with zero attached hydrogens (tertiary/aromatic N) is 2.